The molecule has 0 bridgehead atoms. The second-order valence-corrected chi connectivity index (χ2v) is 8.84. The number of anilines is 1. The molecule has 0 radical (unpaired) electrons. The zero-order valence-corrected chi connectivity index (χ0v) is 15.2. The first-order valence-corrected chi connectivity index (χ1v) is 10.0. The second-order valence-electron chi connectivity index (χ2n) is 6.61. The Bertz CT molecular complexity index is 792. The third kappa shape index (κ3) is 3.63. The number of carbonyl (C=O) groups excluding carboxylic acids is 2. The van der Waals surface area contributed by atoms with E-state index in [2.05, 4.69) is 0 Å². The summed E-state index contributed by atoms with van der Waals surface area (Å²) in [6, 6.07) is 6.87. The van der Waals surface area contributed by atoms with E-state index >= 15 is 0 Å². The van der Waals surface area contributed by atoms with Crippen LogP contribution in [0.15, 0.2) is 24.3 Å². The van der Waals surface area contributed by atoms with E-state index in [1.54, 1.807) is 43.3 Å². The number of sulfone groups is 1. The van der Waals surface area contributed by atoms with Crippen LogP contribution in [0, 0.1) is 5.92 Å². The van der Waals surface area contributed by atoms with Gasteiger partial charge >= 0.3 is 0 Å². The molecule has 3 rings (SSSR count). The summed E-state index contributed by atoms with van der Waals surface area (Å²) in [5.41, 5.74) is 0.700. The molecule has 2 atom stereocenters. The smallest absolute Gasteiger partial charge is 0.228 e. The van der Waals surface area contributed by atoms with Crippen molar-refractivity contribution in [2.45, 2.75) is 18.9 Å². The van der Waals surface area contributed by atoms with Gasteiger partial charge in [-0.05, 0) is 18.6 Å². The number of hydrogen-bond donors (Lipinski definition) is 0. The predicted octanol–water partition coefficient (Wildman–Crippen LogP) is 0.694. The molecule has 2 heterocycles. The van der Waals surface area contributed by atoms with Crippen LogP contribution < -0.4 is 9.64 Å². The lowest BCUT2D eigenvalue weighted by molar-refractivity contribution is -0.136. The Kier molecular flexibility index (Phi) is 4.73. The molecule has 2 saturated heterocycles. The normalized spacial score (nSPS) is 25.2. The van der Waals surface area contributed by atoms with Crippen molar-refractivity contribution in [2.24, 2.45) is 5.92 Å². The molecule has 1 aromatic carbocycles. The molecule has 0 aliphatic carbocycles. The lowest BCUT2D eigenvalue weighted by Gasteiger charge is -2.26. The van der Waals surface area contributed by atoms with Crippen molar-refractivity contribution >= 4 is 27.3 Å². The van der Waals surface area contributed by atoms with Gasteiger partial charge in [0.2, 0.25) is 11.8 Å². The molecule has 2 aliphatic heterocycles. The predicted molar refractivity (Wildman–Crippen MR) is 93.3 cm³/mol. The summed E-state index contributed by atoms with van der Waals surface area (Å²) in [7, 11) is 0.134. The first kappa shape index (κ1) is 17.7. The highest BCUT2D eigenvalue weighted by molar-refractivity contribution is 7.91. The van der Waals surface area contributed by atoms with Gasteiger partial charge in [0.25, 0.3) is 0 Å². The van der Waals surface area contributed by atoms with Gasteiger partial charge in [-0.3, -0.25) is 9.59 Å². The minimum atomic E-state index is -3.05. The summed E-state index contributed by atoms with van der Waals surface area (Å²) in [5.74, 6) is 0.0462. The monoisotopic (exact) mass is 366 g/mol. The number of benzene rings is 1. The van der Waals surface area contributed by atoms with Crippen LogP contribution >= 0.6 is 0 Å². The Morgan fingerprint density at radius 1 is 1.36 bits per heavy atom. The molecule has 2 unspecified atom stereocenters. The van der Waals surface area contributed by atoms with E-state index in [4.69, 9.17) is 4.74 Å². The molecule has 25 heavy (non-hydrogen) atoms. The molecule has 2 fully saturated rings. The van der Waals surface area contributed by atoms with Crippen LogP contribution in [-0.4, -0.2) is 63.4 Å². The molecule has 0 spiro atoms. The van der Waals surface area contributed by atoms with Crippen molar-refractivity contribution in [3.8, 4) is 5.75 Å². The van der Waals surface area contributed by atoms with E-state index in [0.717, 1.165) is 0 Å². The molecular weight excluding hydrogens is 344 g/mol. The van der Waals surface area contributed by atoms with Gasteiger partial charge in [0.1, 0.15) is 5.75 Å². The van der Waals surface area contributed by atoms with Crippen LogP contribution in [0.4, 0.5) is 5.69 Å². The van der Waals surface area contributed by atoms with E-state index < -0.39 is 15.8 Å². The van der Waals surface area contributed by atoms with E-state index in [9.17, 15) is 18.0 Å². The van der Waals surface area contributed by atoms with Gasteiger partial charge in [-0.2, -0.15) is 0 Å². The molecule has 0 saturated carbocycles. The van der Waals surface area contributed by atoms with Gasteiger partial charge in [0, 0.05) is 37.8 Å². The van der Waals surface area contributed by atoms with Crippen molar-refractivity contribution in [3.63, 3.8) is 0 Å². The average Bonchev–Trinajstić information content (AvgIpc) is 3.16. The van der Waals surface area contributed by atoms with Crippen LogP contribution in [0.5, 0.6) is 5.75 Å². The van der Waals surface area contributed by atoms with Crippen LogP contribution in [0.1, 0.15) is 12.8 Å². The molecule has 136 valence electrons. The first-order chi connectivity index (χ1) is 11.8. The molecule has 2 aliphatic rings. The topological polar surface area (TPSA) is 84.0 Å². The fraction of sp³-hybridized carbons (Fsp3) is 0.529. The fourth-order valence-corrected chi connectivity index (χ4v) is 5.22. The second kappa shape index (κ2) is 6.67. The summed E-state index contributed by atoms with van der Waals surface area (Å²) >= 11 is 0. The zero-order valence-electron chi connectivity index (χ0n) is 14.3. The molecule has 2 amide bonds. The lowest BCUT2D eigenvalue weighted by atomic mass is 10.1. The first-order valence-electron chi connectivity index (χ1n) is 8.22. The maximum absolute atomic E-state index is 12.7. The van der Waals surface area contributed by atoms with Gasteiger partial charge in [0.05, 0.1) is 24.5 Å². The minimum Gasteiger partial charge on any atom is -0.497 e. The summed E-state index contributed by atoms with van der Waals surface area (Å²) in [4.78, 5) is 28.2. The summed E-state index contributed by atoms with van der Waals surface area (Å²) in [6.45, 7) is 0.300. The van der Waals surface area contributed by atoms with Gasteiger partial charge in [-0.15, -0.1) is 0 Å². The standard InChI is InChI=1S/C17H22N2O5S/c1-18(14-6-7-25(22,23)11-14)17(21)12-8-16(20)19(10-12)13-4-3-5-15(9-13)24-2/h3-5,9,12,14H,6-8,10-11H2,1-2H3. The molecule has 0 aromatic heterocycles. The summed E-state index contributed by atoms with van der Waals surface area (Å²) in [6.07, 6.45) is 0.602. The molecular formula is C17H22N2O5S. The van der Waals surface area contributed by atoms with E-state index in [1.807, 2.05) is 0 Å². The number of nitrogens with zero attached hydrogens (tertiary/aromatic N) is 2. The largest absolute Gasteiger partial charge is 0.497 e. The third-order valence-corrected chi connectivity index (χ3v) is 6.69. The molecule has 7 nitrogen and oxygen atoms in total. The maximum Gasteiger partial charge on any atom is 0.228 e. The number of rotatable bonds is 4. The van der Waals surface area contributed by atoms with Crippen molar-refractivity contribution < 1.29 is 22.7 Å². The molecule has 8 heteroatoms. The van der Waals surface area contributed by atoms with Crippen LogP contribution in [0.2, 0.25) is 0 Å². The van der Waals surface area contributed by atoms with E-state index in [0.29, 0.717) is 24.4 Å². The lowest BCUT2D eigenvalue weighted by Crippen LogP contribution is -2.42. The van der Waals surface area contributed by atoms with Gasteiger partial charge < -0.3 is 14.5 Å². The number of carbonyl (C=O) groups is 2. The Morgan fingerprint density at radius 2 is 2.12 bits per heavy atom. The highest BCUT2D eigenvalue weighted by Crippen LogP contribution is 2.29. The number of ether oxygens (including phenoxy) is 1. The van der Waals surface area contributed by atoms with E-state index in [-0.39, 0.29) is 35.8 Å². The van der Waals surface area contributed by atoms with E-state index in [1.165, 1.54) is 4.90 Å². The molecule has 0 N–H and O–H groups in total. The maximum atomic E-state index is 12.7. The Hall–Kier alpha value is -2.09. The van der Waals surface area contributed by atoms with Crippen molar-refractivity contribution in [3.05, 3.63) is 24.3 Å². The number of methoxy groups -OCH3 is 1. The minimum absolute atomic E-state index is 0.00943. The van der Waals surface area contributed by atoms with Gasteiger partial charge in [0.15, 0.2) is 9.84 Å². The van der Waals surface area contributed by atoms with Crippen molar-refractivity contribution in [1.82, 2.24) is 4.90 Å². The number of hydrogen-bond acceptors (Lipinski definition) is 5. The highest BCUT2D eigenvalue weighted by Gasteiger charge is 2.40. The molecule has 1 aromatic rings. The summed E-state index contributed by atoms with van der Waals surface area (Å²) < 4.78 is 28.4. The summed E-state index contributed by atoms with van der Waals surface area (Å²) in [5, 5.41) is 0. The van der Waals surface area contributed by atoms with Gasteiger partial charge in [-0.25, -0.2) is 8.42 Å². The Balaban J connectivity index is 1.70. The quantitative estimate of drug-likeness (QED) is 0.783. The fourth-order valence-electron chi connectivity index (χ4n) is 3.45. The van der Waals surface area contributed by atoms with Crippen molar-refractivity contribution in [2.75, 3.05) is 37.1 Å². The Labute approximate surface area is 147 Å². The van der Waals surface area contributed by atoms with Crippen LogP contribution in [0.3, 0.4) is 0 Å². The number of amides is 2. The highest BCUT2D eigenvalue weighted by atomic mass is 32.2. The zero-order chi connectivity index (χ0) is 18.2. The van der Waals surface area contributed by atoms with Crippen molar-refractivity contribution in [1.29, 1.82) is 0 Å². The SMILES string of the molecule is COc1cccc(N2CC(C(=O)N(C)C3CCS(=O)(=O)C3)CC2=O)c1. The van der Waals surface area contributed by atoms with Crippen LogP contribution in [-0.2, 0) is 19.4 Å². The van der Waals surface area contributed by atoms with Crippen LogP contribution in [0.25, 0.3) is 0 Å². The third-order valence-electron chi connectivity index (χ3n) is 4.94. The van der Waals surface area contributed by atoms with Gasteiger partial charge in [-0.1, -0.05) is 6.07 Å². The average molecular weight is 366 g/mol. The Morgan fingerprint density at radius 3 is 2.76 bits per heavy atom.